The van der Waals surface area contributed by atoms with Gasteiger partial charge in [-0.3, -0.25) is 9.59 Å². The first-order valence-corrected chi connectivity index (χ1v) is 13.1. The summed E-state index contributed by atoms with van der Waals surface area (Å²) >= 11 is 0. The van der Waals surface area contributed by atoms with E-state index >= 15 is 0 Å². The number of carbonyl (C=O) groups is 3. The number of nitrogens with zero attached hydrogens (tertiary/aromatic N) is 2. The summed E-state index contributed by atoms with van der Waals surface area (Å²) in [5.74, 6) is 0.279. The van der Waals surface area contributed by atoms with Crippen molar-refractivity contribution in [3.63, 3.8) is 0 Å². The van der Waals surface area contributed by atoms with E-state index in [0.29, 0.717) is 24.5 Å². The number of nitrogens with two attached hydrogens (primary N) is 1. The molecule has 3 rings (SSSR count). The summed E-state index contributed by atoms with van der Waals surface area (Å²) in [6, 6.07) is 13.0. The molecule has 1 heterocycles. The minimum absolute atomic E-state index is 0.0316. The zero-order valence-electron chi connectivity index (χ0n) is 23.7. The molecule has 9 nitrogen and oxygen atoms in total. The molecule has 0 spiro atoms. The Kier molecular flexibility index (Phi) is 9.75. The van der Waals surface area contributed by atoms with E-state index in [9.17, 15) is 14.4 Å². The summed E-state index contributed by atoms with van der Waals surface area (Å²) in [7, 11) is 1.87. The number of ketones is 1. The molecule has 0 aliphatic rings. The van der Waals surface area contributed by atoms with Crippen molar-refractivity contribution < 1.29 is 28.6 Å². The lowest BCUT2D eigenvalue weighted by Gasteiger charge is -2.27. The quantitative estimate of drug-likeness (QED) is 0.266. The van der Waals surface area contributed by atoms with Crippen LogP contribution < -0.4 is 10.5 Å². The van der Waals surface area contributed by atoms with Crippen molar-refractivity contribution in [1.29, 1.82) is 0 Å². The van der Waals surface area contributed by atoms with E-state index in [0.717, 1.165) is 22.0 Å². The average Bonchev–Trinajstić information content (AvgIpc) is 3.20. The smallest absolute Gasteiger partial charge is 0.405 e. The molecule has 1 aromatic heterocycles. The summed E-state index contributed by atoms with van der Waals surface area (Å²) in [6.07, 6.45) is -0.208. The van der Waals surface area contributed by atoms with E-state index < -0.39 is 12.2 Å². The van der Waals surface area contributed by atoms with Gasteiger partial charge in [-0.25, -0.2) is 4.79 Å². The van der Waals surface area contributed by atoms with Crippen molar-refractivity contribution in [3.8, 4) is 5.75 Å². The lowest BCUT2D eigenvalue weighted by Crippen LogP contribution is -2.44. The van der Waals surface area contributed by atoms with Crippen LogP contribution in [0.3, 0.4) is 0 Å². The van der Waals surface area contributed by atoms with Gasteiger partial charge in [-0.2, -0.15) is 0 Å². The minimum atomic E-state index is -1.13. The topological polar surface area (TPSA) is 113 Å². The molecule has 2 aromatic carbocycles. The van der Waals surface area contributed by atoms with Gasteiger partial charge in [0.1, 0.15) is 11.4 Å². The first-order chi connectivity index (χ1) is 18.4. The molecule has 3 aromatic rings. The number of para-hydroxylation sites is 1. The molecule has 0 unspecified atom stereocenters. The Morgan fingerprint density at radius 1 is 1.08 bits per heavy atom. The number of ether oxygens (including phenoxy) is 3. The van der Waals surface area contributed by atoms with E-state index in [-0.39, 0.29) is 36.8 Å². The number of Topliss-reactive ketones (excluding diaryl/α,β-unsaturated/α-hetero) is 1. The zero-order chi connectivity index (χ0) is 28.7. The second kappa shape index (κ2) is 12.8. The Balaban J connectivity index is 1.90. The zero-order valence-corrected chi connectivity index (χ0v) is 23.7. The summed E-state index contributed by atoms with van der Waals surface area (Å²) in [4.78, 5) is 39.4. The predicted molar refractivity (Wildman–Crippen MR) is 150 cm³/mol. The highest BCUT2D eigenvalue weighted by atomic mass is 16.6. The van der Waals surface area contributed by atoms with Crippen LogP contribution in [0.4, 0.5) is 4.79 Å². The molecule has 210 valence electrons. The van der Waals surface area contributed by atoms with Crippen LogP contribution in [0.5, 0.6) is 5.75 Å². The third-order valence-corrected chi connectivity index (χ3v) is 6.15. The lowest BCUT2D eigenvalue weighted by atomic mass is 10.0. The van der Waals surface area contributed by atoms with Crippen molar-refractivity contribution in [2.45, 2.75) is 59.3 Å². The SMILES string of the molecule is CCOCCN(Cc1cccc2c(C(C)=O)cn(C)c12)C(=O)[C@H](Cc1ccc(OC(C)(C)C)cc1)OC(N)=O. The molecule has 1 atom stereocenters. The van der Waals surface area contributed by atoms with E-state index in [1.54, 1.807) is 11.1 Å². The Hall–Kier alpha value is -3.85. The second-order valence-electron chi connectivity index (χ2n) is 10.5. The summed E-state index contributed by atoms with van der Waals surface area (Å²) in [6.45, 7) is 10.6. The summed E-state index contributed by atoms with van der Waals surface area (Å²) in [5.41, 5.74) is 8.15. The number of hydrogen-bond donors (Lipinski definition) is 1. The van der Waals surface area contributed by atoms with Crippen LogP contribution in [0, 0.1) is 0 Å². The molecule has 2 N–H and O–H groups in total. The molecule has 0 fully saturated rings. The molecule has 0 saturated heterocycles. The summed E-state index contributed by atoms with van der Waals surface area (Å²) in [5, 5.41) is 0.821. The Labute approximate surface area is 229 Å². The number of amides is 2. The highest BCUT2D eigenvalue weighted by Crippen LogP contribution is 2.26. The normalized spacial score (nSPS) is 12.3. The summed E-state index contributed by atoms with van der Waals surface area (Å²) < 4.78 is 18.6. The van der Waals surface area contributed by atoms with Gasteiger partial charge in [-0.15, -0.1) is 0 Å². The lowest BCUT2D eigenvalue weighted by molar-refractivity contribution is -0.141. The van der Waals surface area contributed by atoms with E-state index in [1.165, 1.54) is 6.92 Å². The molecule has 0 saturated carbocycles. The number of rotatable bonds is 12. The maximum Gasteiger partial charge on any atom is 0.405 e. The van der Waals surface area contributed by atoms with Crippen LogP contribution in [0.25, 0.3) is 10.9 Å². The van der Waals surface area contributed by atoms with Gasteiger partial charge in [0.2, 0.25) is 0 Å². The molecule has 0 aliphatic heterocycles. The molecule has 0 aliphatic carbocycles. The largest absolute Gasteiger partial charge is 0.488 e. The highest BCUT2D eigenvalue weighted by molar-refractivity contribution is 6.07. The number of fused-ring (bicyclic) bond motifs is 1. The minimum Gasteiger partial charge on any atom is -0.488 e. The number of carbonyl (C=O) groups excluding carboxylic acids is 3. The van der Waals surface area contributed by atoms with Crippen LogP contribution in [-0.4, -0.2) is 58.7 Å². The van der Waals surface area contributed by atoms with Gasteiger partial charge in [0, 0.05) is 50.3 Å². The van der Waals surface area contributed by atoms with E-state index in [2.05, 4.69) is 0 Å². The predicted octanol–water partition coefficient (Wildman–Crippen LogP) is 4.63. The van der Waals surface area contributed by atoms with Gasteiger partial charge in [-0.1, -0.05) is 30.3 Å². The van der Waals surface area contributed by atoms with Crippen molar-refractivity contribution in [1.82, 2.24) is 9.47 Å². The van der Waals surface area contributed by atoms with Crippen molar-refractivity contribution >= 4 is 28.7 Å². The molecule has 0 radical (unpaired) electrons. The first kappa shape index (κ1) is 29.7. The van der Waals surface area contributed by atoms with Crippen molar-refractivity contribution in [2.24, 2.45) is 12.8 Å². The van der Waals surface area contributed by atoms with E-state index in [1.807, 2.05) is 81.8 Å². The Morgan fingerprint density at radius 2 is 1.77 bits per heavy atom. The fourth-order valence-electron chi connectivity index (χ4n) is 4.54. The number of benzene rings is 2. The number of primary amides is 1. The first-order valence-electron chi connectivity index (χ1n) is 13.1. The standard InChI is InChI=1S/C30H39N3O6/c1-7-37-16-15-33(18-22-9-8-10-24-25(20(2)34)19-32(6)27(22)24)28(35)26(38-29(31)36)17-21-11-13-23(14-12-21)39-30(3,4)5/h8-14,19,26H,7,15-18H2,1-6H3,(H2,31,36)/t26-/m0/s1. The number of hydrogen-bond acceptors (Lipinski definition) is 6. The molecule has 0 bridgehead atoms. The fourth-order valence-corrected chi connectivity index (χ4v) is 4.54. The van der Waals surface area contributed by atoms with Gasteiger partial charge < -0.3 is 29.4 Å². The molecular formula is C30H39N3O6. The third-order valence-electron chi connectivity index (χ3n) is 6.15. The van der Waals surface area contributed by atoms with Crippen LogP contribution in [0.1, 0.15) is 56.1 Å². The van der Waals surface area contributed by atoms with Crippen molar-refractivity contribution in [2.75, 3.05) is 19.8 Å². The van der Waals surface area contributed by atoms with Crippen LogP contribution in [0.2, 0.25) is 0 Å². The van der Waals surface area contributed by atoms with Gasteiger partial charge in [-0.05, 0) is 57.9 Å². The number of aryl methyl sites for hydroxylation is 1. The molecule has 39 heavy (non-hydrogen) atoms. The van der Waals surface area contributed by atoms with E-state index in [4.69, 9.17) is 19.9 Å². The highest BCUT2D eigenvalue weighted by Gasteiger charge is 2.29. The van der Waals surface area contributed by atoms with Crippen LogP contribution in [-0.2, 0) is 34.3 Å². The van der Waals surface area contributed by atoms with Crippen LogP contribution in [0.15, 0.2) is 48.7 Å². The Morgan fingerprint density at radius 3 is 2.36 bits per heavy atom. The molecule has 2 amide bonds. The fraction of sp³-hybridized carbons (Fsp3) is 0.433. The molecule has 9 heteroatoms. The van der Waals surface area contributed by atoms with Gasteiger partial charge in [0.05, 0.1) is 12.1 Å². The van der Waals surface area contributed by atoms with Gasteiger partial charge in [0.15, 0.2) is 11.9 Å². The average molecular weight is 538 g/mol. The second-order valence-corrected chi connectivity index (χ2v) is 10.5. The molecular weight excluding hydrogens is 498 g/mol. The van der Waals surface area contributed by atoms with Crippen LogP contribution >= 0.6 is 0 Å². The third kappa shape index (κ3) is 8.07. The Bertz CT molecular complexity index is 1310. The maximum atomic E-state index is 13.8. The van der Waals surface area contributed by atoms with Gasteiger partial charge >= 0.3 is 6.09 Å². The maximum absolute atomic E-state index is 13.8. The van der Waals surface area contributed by atoms with Crippen molar-refractivity contribution in [3.05, 3.63) is 65.4 Å². The van der Waals surface area contributed by atoms with Gasteiger partial charge in [0.25, 0.3) is 5.91 Å². The monoisotopic (exact) mass is 537 g/mol. The number of aromatic nitrogens is 1.